The molecule has 3 aromatic rings. The van der Waals surface area contributed by atoms with Crippen LogP contribution in [-0.4, -0.2) is 35.4 Å². The van der Waals surface area contributed by atoms with Crippen LogP contribution in [0.15, 0.2) is 84.9 Å². The molecule has 3 aromatic carbocycles. The summed E-state index contributed by atoms with van der Waals surface area (Å²) in [6.07, 6.45) is 1.37. The number of ether oxygens (including phenoxy) is 1. The first-order chi connectivity index (χ1) is 16.7. The van der Waals surface area contributed by atoms with Crippen LogP contribution in [0.3, 0.4) is 0 Å². The molecule has 1 atom stereocenters. The van der Waals surface area contributed by atoms with Crippen LogP contribution in [-0.2, 0) is 29.0 Å². The quantitative estimate of drug-likeness (QED) is 0.442. The monoisotopic (exact) mass is 472 g/mol. The summed E-state index contributed by atoms with van der Waals surface area (Å²) in [6.45, 7) is 6.18. The standard InChI is InChI=1S/C30H36N2O3/c1-30(2,3)31-29(34)27(21-24-14-9-6-10-15-24)32(22-25-16-11-17-26(20-25)35-4)28(33)19-18-23-12-7-5-8-13-23/h5-17,20,27H,18-19,21-22H2,1-4H3,(H,31,34)/t27-/m1/s1. The van der Waals surface area contributed by atoms with E-state index in [2.05, 4.69) is 5.32 Å². The molecule has 3 rings (SSSR count). The van der Waals surface area contributed by atoms with E-state index in [1.165, 1.54) is 0 Å². The van der Waals surface area contributed by atoms with Crippen LogP contribution >= 0.6 is 0 Å². The Labute approximate surface area is 209 Å². The lowest BCUT2D eigenvalue weighted by Gasteiger charge is -2.34. The Kier molecular flexibility index (Phi) is 9.07. The first-order valence-electron chi connectivity index (χ1n) is 12.1. The lowest BCUT2D eigenvalue weighted by molar-refractivity contribution is -0.141. The van der Waals surface area contributed by atoms with E-state index in [0.29, 0.717) is 25.8 Å². The lowest BCUT2D eigenvalue weighted by Crippen LogP contribution is -2.54. The van der Waals surface area contributed by atoms with Gasteiger partial charge in [-0.2, -0.15) is 0 Å². The van der Waals surface area contributed by atoms with Crippen LogP contribution < -0.4 is 10.1 Å². The van der Waals surface area contributed by atoms with Gasteiger partial charge in [0.1, 0.15) is 11.8 Å². The minimum Gasteiger partial charge on any atom is -0.497 e. The highest BCUT2D eigenvalue weighted by molar-refractivity contribution is 5.88. The zero-order valence-electron chi connectivity index (χ0n) is 21.2. The smallest absolute Gasteiger partial charge is 0.243 e. The molecular formula is C30H36N2O3. The maximum atomic E-state index is 13.7. The molecule has 0 bridgehead atoms. The zero-order chi connectivity index (χ0) is 25.3. The maximum Gasteiger partial charge on any atom is 0.243 e. The second-order valence-electron chi connectivity index (χ2n) is 9.80. The van der Waals surface area contributed by atoms with E-state index in [4.69, 9.17) is 4.74 Å². The van der Waals surface area contributed by atoms with Gasteiger partial charge in [0, 0.05) is 24.9 Å². The number of benzene rings is 3. The molecule has 0 aromatic heterocycles. The number of carbonyl (C=O) groups excluding carboxylic acids is 2. The highest BCUT2D eigenvalue weighted by atomic mass is 16.5. The molecule has 0 saturated carbocycles. The van der Waals surface area contributed by atoms with Gasteiger partial charge in [0.15, 0.2) is 0 Å². The van der Waals surface area contributed by atoms with Crippen molar-refractivity contribution in [3.8, 4) is 5.75 Å². The van der Waals surface area contributed by atoms with Gasteiger partial charge in [-0.05, 0) is 56.0 Å². The minimum absolute atomic E-state index is 0.0540. The molecule has 0 spiro atoms. The Bertz CT molecular complexity index is 1090. The van der Waals surface area contributed by atoms with Crippen molar-refractivity contribution in [3.63, 3.8) is 0 Å². The predicted octanol–water partition coefficient (Wildman–Crippen LogP) is 5.18. The molecule has 0 aliphatic carbocycles. The molecule has 0 radical (unpaired) electrons. The molecule has 0 aliphatic heterocycles. The van der Waals surface area contributed by atoms with E-state index in [1.54, 1.807) is 12.0 Å². The largest absolute Gasteiger partial charge is 0.497 e. The molecule has 5 heteroatoms. The van der Waals surface area contributed by atoms with Gasteiger partial charge in [-0.1, -0.05) is 72.8 Å². The van der Waals surface area contributed by atoms with Crippen molar-refractivity contribution in [2.24, 2.45) is 0 Å². The first-order valence-corrected chi connectivity index (χ1v) is 12.1. The summed E-state index contributed by atoms with van der Waals surface area (Å²) in [5, 5.41) is 3.10. The van der Waals surface area contributed by atoms with Crippen molar-refractivity contribution < 1.29 is 14.3 Å². The highest BCUT2D eigenvalue weighted by Crippen LogP contribution is 2.20. The number of methoxy groups -OCH3 is 1. The predicted molar refractivity (Wildman–Crippen MR) is 140 cm³/mol. The van der Waals surface area contributed by atoms with Gasteiger partial charge >= 0.3 is 0 Å². The zero-order valence-corrected chi connectivity index (χ0v) is 21.2. The summed E-state index contributed by atoms with van der Waals surface area (Å²) in [4.78, 5) is 29.0. The first kappa shape index (κ1) is 26.0. The Morgan fingerprint density at radius 1 is 0.857 bits per heavy atom. The number of amides is 2. The summed E-state index contributed by atoms with van der Waals surface area (Å²) in [5.74, 6) is 0.511. The van der Waals surface area contributed by atoms with Crippen LogP contribution in [0.2, 0.25) is 0 Å². The van der Waals surface area contributed by atoms with Gasteiger partial charge in [-0.3, -0.25) is 9.59 Å². The van der Waals surface area contributed by atoms with Crippen molar-refractivity contribution in [3.05, 3.63) is 102 Å². The Hall–Kier alpha value is -3.60. The number of nitrogens with one attached hydrogen (secondary N) is 1. The minimum atomic E-state index is -0.647. The third-order valence-electron chi connectivity index (χ3n) is 5.73. The third kappa shape index (κ3) is 8.29. The average molecular weight is 473 g/mol. The fourth-order valence-electron chi connectivity index (χ4n) is 4.01. The number of aryl methyl sites for hydroxylation is 1. The molecule has 0 fully saturated rings. The topological polar surface area (TPSA) is 58.6 Å². The molecule has 0 saturated heterocycles. The molecule has 0 aliphatic rings. The van der Waals surface area contributed by atoms with Crippen molar-refractivity contribution in [2.75, 3.05) is 7.11 Å². The Morgan fingerprint density at radius 3 is 2.06 bits per heavy atom. The van der Waals surface area contributed by atoms with E-state index in [9.17, 15) is 9.59 Å². The van der Waals surface area contributed by atoms with Gasteiger partial charge < -0.3 is 15.0 Å². The molecule has 0 heterocycles. The van der Waals surface area contributed by atoms with Gasteiger partial charge in [0.05, 0.1) is 7.11 Å². The third-order valence-corrected chi connectivity index (χ3v) is 5.73. The van der Waals surface area contributed by atoms with Crippen LogP contribution in [0.1, 0.15) is 43.9 Å². The number of nitrogens with zero attached hydrogens (tertiary/aromatic N) is 1. The molecule has 35 heavy (non-hydrogen) atoms. The molecule has 0 unspecified atom stereocenters. The van der Waals surface area contributed by atoms with Gasteiger partial charge in [0.2, 0.25) is 11.8 Å². The fraction of sp³-hybridized carbons (Fsp3) is 0.333. The normalized spacial score (nSPS) is 12.0. The van der Waals surface area contributed by atoms with E-state index in [-0.39, 0.29) is 11.8 Å². The van der Waals surface area contributed by atoms with E-state index >= 15 is 0 Å². The lowest BCUT2D eigenvalue weighted by atomic mass is 10.00. The van der Waals surface area contributed by atoms with Crippen molar-refractivity contribution in [1.82, 2.24) is 10.2 Å². The molecule has 5 nitrogen and oxygen atoms in total. The Balaban J connectivity index is 1.94. The molecule has 184 valence electrons. The van der Waals surface area contributed by atoms with Crippen LogP contribution in [0.25, 0.3) is 0 Å². The molecule has 1 N–H and O–H groups in total. The Morgan fingerprint density at radius 2 is 1.46 bits per heavy atom. The van der Waals surface area contributed by atoms with Gasteiger partial charge in [-0.15, -0.1) is 0 Å². The summed E-state index contributed by atoms with van der Waals surface area (Å²) < 4.78 is 5.39. The summed E-state index contributed by atoms with van der Waals surface area (Å²) in [5.41, 5.74) is 2.61. The van der Waals surface area contributed by atoms with Crippen LogP contribution in [0.5, 0.6) is 5.75 Å². The van der Waals surface area contributed by atoms with Crippen molar-refractivity contribution >= 4 is 11.8 Å². The van der Waals surface area contributed by atoms with Gasteiger partial charge in [0.25, 0.3) is 0 Å². The van der Waals surface area contributed by atoms with E-state index < -0.39 is 11.6 Å². The summed E-state index contributed by atoms with van der Waals surface area (Å²) in [6, 6.07) is 26.8. The molecular weight excluding hydrogens is 436 g/mol. The number of hydrogen-bond acceptors (Lipinski definition) is 3. The highest BCUT2D eigenvalue weighted by Gasteiger charge is 2.32. The maximum absolute atomic E-state index is 13.7. The average Bonchev–Trinajstić information content (AvgIpc) is 2.85. The van der Waals surface area contributed by atoms with E-state index in [0.717, 1.165) is 22.4 Å². The van der Waals surface area contributed by atoms with Gasteiger partial charge in [-0.25, -0.2) is 0 Å². The molecule has 2 amide bonds. The fourth-order valence-corrected chi connectivity index (χ4v) is 4.01. The van der Waals surface area contributed by atoms with Crippen LogP contribution in [0.4, 0.5) is 0 Å². The summed E-state index contributed by atoms with van der Waals surface area (Å²) in [7, 11) is 1.62. The second kappa shape index (κ2) is 12.2. The van der Waals surface area contributed by atoms with Crippen LogP contribution in [0, 0.1) is 0 Å². The van der Waals surface area contributed by atoms with Crippen molar-refractivity contribution in [1.29, 1.82) is 0 Å². The second-order valence-corrected chi connectivity index (χ2v) is 9.80. The summed E-state index contributed by atoms with van der Waals surface area (Å²) >= 11 is 0. The van der Waals surface area contributed by atoms with Crippen molar-refractivity contribution in [2.45, 2.75) is 58.2 Å². The number of carbonyl (C=O) groups is 2. The number of rotatable bonds is 10. The van der Waals surface area contributed by atoms with E-state index in [1.807, 2.05) is 106 Å². The number of hydrogen-bond donors (Lipinski definition) is 1. The SMILES string of the molecule is COc1cccc(CN(C(=O)CCc2ccccc2)[C@H](Cc2ccccc2)C(=O)NC(C)(C)C)c1.